The first-order valence-corrected chi connectivity index (χ1v) is 5.34. The molecule has 20 heavy (non-hydrogen) atoms. The summed E-state index contributed by atoms with van der Waals surface area (Å²) >= 11 is 0. The van der Waals surface area contributed by atoms with E-state index >= 15 is 0 Å². The first-order valence-electron chi connectivity index (χ1n) is 5.34. The van der Waals surface area contributed by atoms with E-state index in [9.17, 15) is 13.2 Å². The fourth-order valence-electron chi connectivity index (χ4n) is 1.40. The summed E-state index contributed by atoms with van der Waals surface area (Å²) in [6.07, 6.45) is -4.00. The standard InChI is InChI=1S/C13H7F3N2O2/c14-13(15,16)8-5-12(11(6-17)18-7-8)20-10-3-1-9(19)2-4-10/h1-5,7,19H. The number of rotatable bonds is 2. The number of nitriles is 1. The van der Waals surface area contributed by atoms with Gasteiger partial charge in [-0.2, -0.15) is 18.4 Å². The van der Waals surface area contributed by atoms with Crippen LogP contribution in [0.25, 0.3) is 0 Å². The summed E-state index contributed by atoms with van der Waals surface area (Å²) in [5.74, 6) is -0.131. The van der Waals surface area contributed by atoms with Gasteiger partial charge < -0.3 is 9.84 Å². The number of ether oxygens (including phenoxy) is 1. The summed E-state index contributed by atoms with van der Waals surface area (Å²) in [6, 6.07) is 7.69. The Hall–Kier alpha value is -2.75. The SMILES string of the molecule is N#Cc1ncc(C(F)(F)F)cc1Oc1ccc(O)cc1. The molecule has 1 aromatic carbocycles. The molecular weight excluding hydrogens is 273 g/mol. The first-order chi connectivity index (χ1) is 9.40. The van der Waals surface area contributed by atoms with Crippen LogP contribution in [-0.2, 0) is 6.18 Å². The number of phenols is 1. The van der Waals surface area contributed by atoms with E-state index in [1.807, 2.05) is 0 Å². The fourth-order valence-corrected chi connectivity index (χ4v) is 1.40. The Balaban J connectivity index is 2.39. The predicted molar refractivity (Wildman–Crippen MR) is 62.1 cm³/mol. The molecule has 0 bridgehead atoms. The first kappa shape index (κ1) is 13.7. The molecule has 1 N–H and O–H groups in total. The van der Waals surface area contributed by atoms with E-state index in [0.29, 0.717) is 12.3 Å². The molecule has 0 atom stereocenters. The van der Waals surface area contributed by atoms with Crippen molar-refractivity contribution in [3.05, 3.63) is 47.8 Å². The van der Waals surface area contributed by atoms with Crippen molar-refractivity contribution in [1.82, 2.24) is 4.98 Å². The third-order valence-corrected chi connectivity index (χ3v) is 2.35. The molecule has 0 aliphatic carbocycles. The van der Waals surface area contributed by atoms with E-state index in [2.05, 4.69) is 4.98 Å². The van der Waals surface area contributed by atoms with Crippen LogP contribution in [0.1, 0.15) is 11.3 Å². The molecule has 0 saturated carbocycles. The summed E-state index contributed by atoms with van der Waals surface area (Å²) in [4.78, 5) is 3.42. The number of pyridine rings is 1. The molecule has 102 valence electrons. The summed E-state index contributed by atoms with van der Waals surface area (Å²) in [7, 11) is 0. The van der Waals surface area contributed by atoms with Crippen LogP contribution in [0.15, 0.2) is 36.5 Å². The van der Waals surface area contributed by atoms with Gasteiger partial charge >= 0.3 is 6.18 Å². The zero-order chi connectivity index (χ0) is 14.8. The normalized spacial score (nSPS) is 10.9. The number of aromatic nitrogens is 1. The van der Waals surface area contributed by atoms with Gasteiger partial charge in [-0.3, -0.25) is 0 Å². The number of nitrogens with zero attached hydrogens (tertiary/aromatic N) is 2. The van der Waals surface area contributed by atoms with Crippen molar-refractivity contribution in [3.63, 3.8) is 0 Å². The fraction of sp³-hybridized carbons (Fsp3) is 0.0769. The third-order valence-electron chi connectivity index (χ3n) is 2.35. The lowest BCUT2D eigenvalue weighted by Crippen LogP contribution is -2.06. The van der Waals surface area contributed by atoms with Gasteiger partial charge in [0.2, 0.25) is 0 Å². The van der Waals surface area contributed by atoms with Gasteiger partial charge in [0.05, 0.1) is 5.56 Å². The van der Waals surface area contributed by atoms with Crippen LogP contribution in [-0.4, -0.2) is 10.1 Å². The van der Waals surface area contributed by atoms with E-state index < -0.39 is 11.7 Å². The number of hydrogen-bond acceptors (Lipinski definition) is 4. The minimum atomic E-state index is -4.58. The Morgan fingerprint density at radius 3 is 2.40 bits per heavy atom. The van der Waals surface area contributed by atoms with E-state index in [1.165, 1.54) is 24.3 Å². The number of benzene rings is 1. The molecule has 0 radical (unpaired) electrons. The minimum absolute atomic E-state index is 0.0139. The molecule has 2 rings (SSSR count). The van der Waals surface area contributed by atoms with Crippen LogP contribution in [0.2, 0.25) is 0 Å². The van der Waals surface area contributed by atoms with Gasteiger partial charge in [-0.25, -0.2) is 4.98 Å². The van der Waals surface area contributed by atoms with Crippen LogP contribution in [0.3, 0.4) is 0 Å². The van der Waals surface area contributed by atoms with Gasteiger partial charge in [-0.1, -0.05) is 0 Å². The predicted octanol–water partition coefficient (Wildman–Crippen LogP) is 3.47. The summed E-state index contributed by atoms with van der Waals surface area (Å²) < 4.78 is 42.9. The maximum absolute atomic E-state index is 12.6. The highest BCUT2D eigenvalue weighted by Crippen LogP contribution is 2.33. The Kier molecular flexibility index (Phi) is 3.48. The molecule has 0 fully saturated rings. The van der Waals surface area contributed by atoms with Crippen molar-refractivity contribution in [2.75, 3.05) is 0 Å². The highest BCUT2D eigenvalue weighted by molar-refractivity contribution is 5.43. The van der Waals surface area contributed by atoms with Crippen molar-refractivity contribution in [3.8, 4) is 23.3 Å². The molecule has 0 saturated heterocycles. The number of hydrogen-bond donors (Lipinski definition) is 1. The Morgan fingerprint density at radius 2 is 1.85 bits per heavy atom. The molecule has 1 heterocycles. The van der Waals surface area contributed by atoms with E-state index in [0.717, 1.165) is 0 Å². The molecule has 0 aliphatic heterocycles. The number of alkyl halides is 3. The zero-order valence-electron chi connectivity index (χ0n) is 9.85. The molecule has 4 nitrogen and oxygen atoms in total. The van der Waals surface area contributed by atoms with Crippen molar-refractivity contribution < 1.29 is 23.0 Å². The topological polar surface area (TPSA) is 66.1 Å². The van der Waals surface area contributed by atoms with Gasteiger partial charge in [0.25, 0.3) is 0 Å². The summed E-state index contributed by atoms with van der Waals surface area (Å²) in [5.41, 5.74) is -1.27. The van der Waals surface area contributed by atoms with E-state index in [4.69, 9.17) is 15.1 Å². The molecule has 0 aliphatic rings. The maximum Gasteiger partial charge on any atom is 0.418 e. The lowest BCUT2D eigenvalue weighted by Gasteiger charge is -2.10. The second-order valence-electron chi connectivity index (χ2n) is 3.78. The highest BCUT2D eigenvalue weighted by atomic mass is 19.4. The highest BCUT2D eigenvalue weighted by Gasteiger charge is 2.32. The lowest BCUT2D eigenvalue weighted by molar-refractivity contribution is -0.137. The smallest absolute Gasteiger partial charge is 0.418 e. The van der Waals surface area contributed by atoms with Crippen LogP contribution in [0, 0.1) is 11.3 Å². The molecule has 0 unspecified atom stereocenters. The Bertz CT molecular complexity index is 661. The second kappa shape index (κ2) is 5.09. The van der Waals surface area contributed by atoms with Gasteiger partial charge in [-0.05, 0) is 30.3 Å². The number of aromatic hydroxyl groups is 1. The molecule has 0 spiro atoms. The quantitative estimate of drug-likeness (QED) is 0.914. The Labute approximate surface area is 111 Å². The minimum Gasteiger partial charge on any atom is -0.508 e. The molecule has 1 aromatic heterocycles. The average Bonchev–Trinajstić information content (AvgIpc) is 2.40. The lowest BCUT2D eigenvalue weighted by atomic mass is 10.2. The number of halogens is 3. The second-order valence-corrected chi connectivity index (χ2v) is 3.78. The van der Waals surface area contributed by atoms with Crippen molar-refractivity contribution in [1.29, 1.82) is 5.26 Å². The third kappa shape index (κ3) is 2.98. The summed E-state index contributed by atoms with van der Waals surface area (Å²) in [5, 5.41) is 17.9. The van der Waals surface area contributed by atoms with Crippen LogP contribution in [0.5, 0.6) is 17.2 Å². The van der Waals surface area contributed by atoms with Crippen molar-refractivity contribution in [2.24, 2.45) is 0 Å². The largest absolute Gasteiger partial charge is 0.508 e. The molecule has 2 aromatic rings. The van der Waals surface area contributed by atoms with E-state index in [-0.39, 0.29) is 22.9 Å². The van der Waals surface area contributed by atoms with Crippen molar-refractivity contribution in [2.45, 2.75) is 6.18 Å². The summed E-state index contributed by atoms with van der Waals surface area (Å²) in [6.45, 7) is 0. The number of phenolic OH excluding ortho intramolecular Hbond substituents is 1. The van der Waals surface area contributed by atoms with Crippen LogP contribution >= 0.6 is 0 Å². The molecule has 7 heteroatoms. The van der Waals surface area contributed by atoms with Gasteiger partial charge in [0.15, 0.2) is 11.4 Å². The van der Waals surface area contributed by atoms with Gasteiger partial charge in [-0.15, -0.1) is 0 Å². The average molecular weight is 280 g/mol. The molecule has 0 amide bonds. The van der Waals surface area contributed by atoms with Crippen LogP contribution in [0.4, 0.5) is 13.2 Å². The monoisotopic (exact) mass is 280 g/mol. The van der Waals surface area contributed by atoms with E-state index in [1.54, 1.807) is 6.07 Å². The van der Waals surface area contributed by atoms with Gasteiger partial charge in [0, 0.05) is 6.20 Å². The Morgan fingerprint density at radius 1 is 1.20 bits per heavy atom. The molecular formula is C13H7F3N2O2. The zero-order valence-corrected chi connectivity index (χ0v) is 9.85. The van der Waals surface area contributed by atoms with Gasteiger partial charge in [0.1, 0.15) is 17.6 Å². The van der Waals surface area contributed by atoms with Crippen molar-refractivity contribution >= 4 is 0 Å². The van der Waals surface area contributed by atoms with Crippen LogP contribution < -0.4 is 4.74 Å². The maximum atomic E-state index is 12.6.